The van der Waals surface area contributed by atoms with E-state index in [1.807, 2.05) is 20.8 Å². The second-order valence-corrected chi connectivity index (χ2v) is 11.7. The van der Waals surface area contributed by atoms with Crippen LogP contribution >= 0.6 is 0 Å². The molecule has 0 aliphatic rings. The molecule has 0 rings (SSSR count). The van der Waals surface area contributed by atoms with E-state index >= 15 is 0 Å². The molecule has 12 N–H and O–H groups in total. The lowest BCUT2D eigenvalue weighted by molar-refractivity contribution is -0.135. The number of guanidine groups is 1. The van der Waals surface area contributed by atoms with Crippen LogP contribution < -0.4 is 38.5 Å². The van der Waals surface area contributed by atoms with Crippen molar-refractivity contribution in [3.8, 4) is 0 Å². The van der Waals surface area contributed by atoms with Crippen LogP contribution in [-0.2, 0) is 24.0 Å². The number of aldehydes is 1. The zero-order chi connectivity index (χ0) is 33.4. The topological polar surface area (TPSA) is 264 Å². The van der Waals surface area contributed by atoms with Crippen molar-refractivity contribution >= 4 is 35.9 Å². The fourth-order valence-corrected chi connectivity index (χ4v) is 4.06. The molecule has 0 unspecified atom stereocenters. The van der Waals surface area contributed by atoms with E-state index in [0.29, 0.717) is 19.1 Å². The minimum atomic E-state index is -1.27. The third-order valence-corrected chi connectivity index (χ3v) is 7.04. The maximum absolute atomic E-state index is 13.5. The predicted octanol–water partition coefficient (Wildman–Crippen LogP) is -2.00. The molecule has 0 saturated carbocycles. The number of rotatable bonds is 20. The van der Waals surface area contributed by atoms with Crippen LogP contribution in [0.15, 0.2) is 4.99 Å². The van der Waals surface area contributed by atoms with E-state index in [1.165, 1.54) is 6.92 Å². The molecule has 0 aliphatic carbocycles. The van der Waals surface area contributed by atoms with Crippen molar-refractivity contribution in [2.45, 2.75) is 117 Å². The van der Waals surface area contributed by atoms with Gasteiger partial charge in [-0.05, 0) is 43.9 Å². The number of nitrogens with zero attached hydrogens (tertiary/aromatic N) is 1. The molecule has 0 aromatic heterocycles. The normalized spacial score (nSPS) is 16.9. The number of nitrogens with two attached hydrogens (primary N) is 3. The van der Waals surface area contributed by atoms with Crippen molar-refractivity contribution in [2.24, 2.45) is 39.9 Å². The fourth-order valence-electron chi connectivity index (χ4n) is 4.06. The maximum atomic E-state index is 13.5. The first kappa shape index (κ1) is 39.7. The molecule has 0 aromatic rings. The third kappa shape index (κ3) is 14.6. The smallest absolute Gasteiger partial charge is 0.243 e. The number of aliphatic hydroxyl groups excluding tert-OH is 2. The minimum Gasteiger partial charge on any atom is -0.391 e. The summed E-state index contributed by atoms with van der Waals surface area (Å²) in [6.07, 6.45) is -0.798. The van der Waals surface area contributed by atoms with E-state index in [-0.39, 0.29) is 43.1 Å². The highest BCUT2D eigenvalue weighted by molar-refractivity contribution is 5.95. The van der Waals surface area contributed by atoms with Gasteiger partial charge in [0.05, 0.1) is 12.2 Å². The van der Waals surface area contributed by atoms with E-state index in [4.69, 9.17) is 17.2 Å². The SMILES string of the molecule is CC[C@H](C)[C@H](NC(=O)[C@@H](CCCN=C(N)N)NC(=O)[C@H](CC(C)C)NC(=O)[C@@H](N)[C@H](O)C(C)C)C(=O)N[C@H](C=O)[C@H](C)O. The number of nitrogens with one attached hydrogen (secondary N) is 4. The second-order valence-electron chi connectivity index (χ2n) is 11.7. The molecule has 15 heteroatoms. The molecule has 43 heavy (non-hydrogen) atoms. The first-order valence-electron chi connectivity index (χ1n) is 14.8. The van der Waals surface area contributed by atoms with Gasteiger partial charge in [0.1, 0.15) is 36.5 Å². The van der Waals surface area contributed by atoms with E-state index < -0.39 is 66.0 Å². The highest BCUT2D eigenvalue weighted by atomic mass is 16.3. The molecule has 0 spiro atoms. The van der Waals surface area contributed by atoms with E-state index in [2.05, 4.69) is 26.3 Å². The van der Waals surface area contributed by atoms with Crippen molar-refractivity contribution in [1.82, 2.24) is 21.3 Å². The Hall–Kier alpha value is -3.30. The van der Waals surface area contributed by atoms with E-state index in [9.17, 15) is 34.2 Å². The molecule has 15 nitrogen and oxygen atoms in total. The van der Waals surface area contributed by atoms with Gasteiger partial charge in [0, 0.05) is 6.54 Å². The van der Waals surface area contributed by atoms with Gasteiger partial charge in [0.25, 0.3) is 0 Å². The summed E-state index contributed by atoms with van der Waals surface area (Å²) in [7, 11) is 0. The molecule has 0 fully saturated rings. The van der Waals surface area contributed by atoms with Gasteiger partial charge in [-0.25, -0.2) is 0 Å². The molecule has 248 valence electrons. The quantitative estimate of drug-likeness (QED) is 0.0315. The van der Waals surface area contributed by atoms with Crippen LogP contribution in [0.4, 0.5) is 0 Å². The maximum Gasteiger partial charge on any atom is 0.243 e. The summed E-state index contributed by atoms with van der Waals surface area (Å²) in [6.45, 7) is 12.2. The number of hydrogen-bond acceptors (Lipinski definition) is 9. The van der Waals surface area contributed by atoms with Gasteiger partial charge >= 0.3 is 0 Å². The van der Waals surface area contributed by atoms with Crippen LogP contribution in [0.25, 0.3) is 0 Å². The zero-order valence-electron chi connectivity index (χ0n) is 26.5. The van der Waals surface area contributed by atoms with E-state index in [0.717, 1.165) is 0 Å². The highest BCUT2D eigenvalue weighted by Gasteiger charge is 2.34. The molecule has 0 bridgehead atoms. The van der Waals surface area contributed by atoms with Gasteiger partial charge in [0.15, 0.2) is 5.96 Å². The lowest BCUT2D eigenvalue weighted by Crippen LogP contribution is -2.60. The van der Waals surface area contributed by atoms with Gasteiger partial charge in [-0.2, -0.15) is 0 Å². The van der Waals surface area contributed by atoms with Gasteiger partial charge in [0.2, 0.25) is 23.6 Å². The summed E-state index contributed by atoms with van der Waals surface area (Å²) in [5, 5.41) is 30.4. The summed E-state index contributed by atoms with van der Waals surface area (Å²) in [4.78, 5) is 68.0. The average Bonchev–Trinajstić information content (AvgIpc) is 2.93. The first-order chi connectivity index (χ1) is 20.0. The fraction of sp³-hybridized carbons (Fsp3) is 0.786. The molecular formula is C28H54N8O7. The van der Waals surface area contributed by atoms with Crippen molar-refractivity contribution in [2.75, 3.05) is 6.54 Å². The molecule has 0 heterocycles. The van der Waals surface area contributed by atoms with Gasteiger partial charge in [-0.15, -0.1) is 0 Å². The Bertz CT molecular complexity index is 940. The Balaban J connectivity index is 6.07. The van der Waals surface area contributed by atoms with Gasteiger partial charge in [-0.1, -0.05) is 48.0 Å². The molecule has 0 radical (unpaired) electrons. The van der Waals surface area contributed by atoms with Gasteiger partial charge in [-0.3, -0.25) is 24.2 Å². The minimum absolute atomic E-state index is 0.0328. The summed E-state index contributed by atoms with van der Waals surface area (Å²) in [5.41, 5.74) is 16.7. The molecule has 8 atom stereocenters. The lowest BCUT2D eigenvalue weighted by Gasteiger charge is -2.29. The molecular weight excluding hydrogens is 560 g/mol. The van der Waals surface area contributed by atoms with Crippen molar-refractivity contribution < 1.29 is 34.2 Å². The van der Waals surface area contributed by atoms with Crippen molar-refractivity contribution in [1.29, 1.82) is 0 Å². The summed E-state index contributed by atoms with van der Waals surface area (Å²) in [6, 6.07) is -5.75. The first-order valence-corrected chi connectivity index (χ1v) is 14.8. The number of aliphatic imine (C=N–C) groups is 1. The van der Waals surface area contributed by atoms with Crippen molar-refractivity contribution in [3.05, 3.63) is 0 Å². The number of carbonyl (C=O) groups is 5. The predicted molar refractivity (Wildman–Crippen MR) is 163 cm³/mol. The van der Waals surface area contributed by atoms with Crippen LogP contribution in [0, 0.1) is 17.8 Å². The monoisotopic (exact) mass is 614 g/mol. The molecule has 4 amide bonds. The largest absolute Gasteiger partial charge is 0.391 e. The Morgan fingerprint density at radius 1 is 0.837 bits per heavy atom. The highest BCUT2D eigenvalue weighted by Crippen LogP contribution is 2.12. The number of hydrogen-bond donors (Lipinski definition) is 9. The lowest BCUT2D eigenvalue weighted by atomic mass is 9.96. The Kier molecular flexibility index (Phi) is 18.3. The second kappa shape index (κ2) is 19.8. The van der Waals surface area contributed by atoms with Crippen LogP contribution in [0.1, 0.15) is 74.1 Å². The molecule has 0 saturated heterocycles. The standard InChI is InChI=1S/C28H54N8O7/c1-8-16(6)22(27(43)35-20(13-37)17(7)38)36-24(40)18(10-9-11-32-28(30)31)33-25(41)19(12-14(2)3)34-26(42)21(29)23(39)15(4)5/h13-23,38-39H,8-12,29H2,1-7H3,(H,33,41)(H,34,42)(H,35,43)(H,36,40)(H4,30,31,32)/t16-,17-,18+,19-,20+,21-,22-,23+/m0/s1. The average molecular weight is 615 g/mol. The van der Waals surface area contributed by atoms with Crippen LogP contribution in [0.2, 0.25) is 0 Å². The van der Waals surface area contributed by atoms with Gasteiger partial charge < -0.3 is 53.5 Å². The summed E-state index contributed by atoms with van der Waals surface area (Å²) < 4.78 is 0. The summed E-state index contributed by atoms with van der Waals surface area (Å²) in [5.74, 6) is -3.56. The molecule has 0 aliphatic heterocycles. The molecule has 0 aromatic carbocycles. The van der Waals surface area contributed by atoms with E-state index in [1.54, 1.807) is 20.8 Å². The Morgan fingerprint density at radius 3 is 1.86 bits per heavy atom. The van der Waals surface area contributed by atoms with Crippen LogP contribution in [-0.4, -0.2) is 95.0 Å². The van der Waals surface area contributed by atoms with Crippen LogP contribution in [0.3, 0.4) is 0 Å². The Labute approximate surface area is 254 Å². The van der Waals surface area contributed by atoms with Crippen LogP contribution in [0.5, 0.6) is 0 Å². The summed E-state index contributed by atoms with van der Waals surface area (Å²) >= 11 is 0. The van der Waals surface area contributed by atoms with Crippen molar-refractivity contribution in [3.63, 3.8) is 0 Å². The number of amides is 4. The zero-order valence-corrected chi connectivity index (χ0v) is 26.5. The number of carbonyl (C=O) groups excluding carboxylic acids is 5. The Morgan fingerprint density at radius 2 is 1.40 bits per heavy atom. The number of aliphatic hydroxyl groups is 2. The third-order valence-electron chi connectivity index (χ3n) is 7.04.